The van der Waals surface area contributed by atoms with Crippen molar-refractivity contribution in [3.05, 3.63) is 34.5 Å². The van der Waals surface area contributed by atoms with E-state index in [9.17, 15) is 0 Å². The molecule has 0 fully saturated rings. The van der Waals surface area contributed by atoms with Crippen molar-refractivity contribution in [3.63, 3.8) is 0 Å². The van der Waals surface area contributed by atoms with Gasteiger partial charge in [-0.2, -0.15) is 0 Å². The van der Waals surface area contributed by atoms with Crippen molar-refractivity contribution in [1.29, 1.82) is 0 Å². The number of nitrogens with one attached hydrogen (secondary N) is 1. The predicted molar refractivity (Wildman–Crippen MR) is 84.4 cm³/mol. The second-order valence-electron chi connectivity index (χ2n) is 5.50. The molecule has 0 aromatic carbocycles. The molecule has 2 rings (SSSR count). The molecule has 0 saturated heterocycles. The first kappa shape index (κ1) is 14.8. The molecule has 1 aliphatic carbocycles. The normalized spacial score (nSPS) is 19.9. The van der Waals surface area contributed by atoms with Crippen LogP contribution >= 0.6 is 11.3 Å². The number of aryl methyl sites for hydroxylation is 1. The molecule has 0 radical (unpaired) electrons. The van der Waals surface area contributed by atoms with Gasteiger partial charge < -0.3 is 0 Å². The summed E-state index contributed by atoms with van der Waals surface area (Å²) in [7, 11) is 0. The van der Waals surface area contributed by atoms with Crippen molar-refractivity contribution >= 4 is 11.3 Å². The fraction of sp³-hybridized carbons (Fsp3) is 0.625. The fourth-order valence-corrected chi connectivity index (χ4v) is 4.17. The summed E-state index contributed by atoms with van der Waals surface area (Å²) in [5.74, 6) is 6.43. The van der Waals surface area contributed by atoms with Gasteiger partial charge in [-0.05, 0) is 55.5 Å². The van der Waals surface area contributed by atoms with Crippen LogP contribution in [0.25, 0.3) is 0 Å². The topological polar surface area (TPSA) is 38.0 Å². The Morgan fingerprint density at radius 3 is 3.16 bits per heavy atom. The molecule has 0 bridgehead atoms. The van der Waals surface area contributed by atoms with Crippen LogP contribution in [0.15, 0.2) is 24.1 Å². The zero-order chi connectivity index (χ0) is 13.5. The Kier molecular flexibility index (Phi) is 6.08. The van der Waals surface area contributed by atoms with Crippen LogP contribution in [-0.4, -0.2) is 6.04 Å². The maximum Gasteiger partial charge on any atom is 0.0279 e. The van der Waals surface area contributed by atoms with Crippen molar-refractivity contribution in [2.24, 2.45) is 5.84 Å². The van der Waals surface area contributed by atoms with Gasteiger partial charge in [-0.3, -0.25) is 11.3 Å². The summed E-state index contributed by atoms with van der Waals surface area (Å²) < 4.78 is 0. The monoisotopic (exact) mass is 278 g/mol. The largest absolute Gasteiger partial charge is 0.271 e. The van der Waals surface area contributed by atoms with E-state index in [2.05, 4.69) is 23.5 Å². The van der Waals surface area contributed by atoms with E-state index < -0.39 is 0 Å². The summed E-state index contributed by atoms with van der Waals surface area (Å²) in [6.07, 6.45) is 12.0. The number of hydrogen-bond acceptors (Lipinski definition) is 3. The summed E-state index contributed by atoms with van der Waals surface area (Å²) in [5, 5.41) is 2.24. The van der Waals surface area contributed by atoms with Gasteiger partial charge in [0.1, 0.15) is 0 Å². The number of fused-ring (bicyclic) bond motifs is 1. The Balaban J connectivity index is 1.86. The van der Waals surface area contributed by atoms with Gasteiger partial charge in [0.05, 0.1) is 0 Å². The Hall–Kier alpha value is -0.640. The minimum Gasteiger partial charge on any atom is -0.271 e. The van der Waals surface area contributed by atoms with Crippen molar-refractivity contribution in [2.75, 3.05) is 0 Å². The van der Waals surface area contributed by atoms with E-state index in [1.54, 1.807) is 10.4 Å². The lowest BCUT2D eigenvalue weighted by molar-refractivity contribution is 0.369. The van der Waals surface area contributed by atoms with Crippen LogP contribution in [-0.2, 0) is 6.42 Å². The second-order valence-corrected chi connectivity index (χ2v) is 6.50. The van der Waals surface area contributed by atoms with E-state index in [0.717, 1.165) is 6.42 Å². The molecule has 0 amide bonds. The summed E-state index contributed by atoms with van der Waals surface area (Å²) >= 11 is 1.91. The molecular formula is C16H26N2S. The molecule has 1 aromatic heterocycles. The lowest BCUT2D eigenvalue weighted by atomic mass is 9.81. The van der Waals surface area contributed by atoms with Crippen LogP contribution < -0.4 is 11.3 Å². The zero-order valence-corrected chi connectivity index (χ0v) is 12.6. The summed E-state index contributed by atoms with van der Waals surface area (Å²) in [5.41, 5.74) is 4.64. The highest BCUT2D eigenvalue weighted by molar-refractivity contribution is 7.10. The highest BCUT2D eigenvalue weighted by Crippen LogP contribution is 2.38. The maximum absolute atomic E-state index is 5.81. The summed E-state index contributed by atoms with van der Waals surface area (Å²) in [4.78, 5) is 1.59. The maximum atomic E-state index is 5.81. The van der Waals surface area contributed by atoms with Crippen molar-refractivity contribution < 1.29 is 0 Å². The van der Waals surface area contributed by atoms with Gasteiger partial charge in [-0.15, -0.1) is 17.9 Å². The first-order valence-corrected chi connectivity index (χ1v) is 8.38. The number of thiophene rings is 1. The highest BCUT2D eigenvalue weighted by atomic mass is 32.1. The first-order chi connectivity index (χ1) is 9.36. The Labute approximate surface area is 121 Å². The molecule has 2 atom stereocenters. The van der Waals surface area contributed by atoms with Crippen LogP contribution in [0.4, 0.5) is 0 Å². The molecule has 2 unspecified atom stereocenters. The molecule has 1 aliphatic rings. The lowest BCUT2D eigenvalue weighted by Gasteiger charge is -2.30. The van der Waals surface area contributed by atoms with Gasteiger partial charge in [0.2, 0.25) is 0 Å². The third-order valence-electron chi connectivity index (χ3n) is 4.22. The molecule has 3 N–H and O–H groups in total. The van der Waals surface area contributed by atoms with Gasteiger partial charge in [-0.25, -0.2) is 0 Å². The molecule has 1 aromatic rings. The molecule has 0 aliphatic heterocycles. The zero-order valence-electron chi connectivity index (χ0n) is 11.7. The third-order valence-corrected chi connectivity index (χ3v) is 5.22. The molecule has 106 valence electrons. The SMILES string of the molecule is C=CCCCCCC(NN)C1CCCc2sccc21. The van der Waals surface area contributed by atoms with E-state index in [1.165, 1.54) is 44.9 Å². The van der Waals surface area contributed by atoms with E-state index in [0.29, 0.717) is 12.0 Å². The summed E-state index contributed by atoms with van der Waals surface area (Å²) in [6.45, 7) is 3.77. The lowest BCUT2D eigenvalue weighted by Crippen LogP contribution is -2.40. The fourth-order valence-electron chi connectivity index (χ4n) is 3.17. The van der Waals surface area contributed by atoms with Crippen molar-refractivity contribution in [1.82, 2.24) is 5.43 Å². The van der Waals surface area contributed by atoms with Crippen molar-refractivity contribution in [2.45, 2.75) is 63.3 Å². The van der Waals surface area contributed by atoms with Gasteiger partial charge in [0.15, 0.2) is 0 Å². The molecule has 0 spiro atoms. The quantitative estimate of drug-likeness (QED) is 0.325. The molecule has 3 heteroatoms. The summed E-state index contributed by atoms with van der Waals surface area (Å²) in [6, 6.07) is 2.75. The van der Waals surface area contributed by atoms with E-state index in [-0.39, 0.29) is 0 Å². The second kappa shape index (κ2) is 7.83. The van der Waals surface area contributed by atoms with Crippen LogP contribution in [0.2, 0.25) is 0 Å². The number of allylic oxidation sites excluding steroid dienone is 1. The Morgan fingerprint density at radius 2 is 2.37 bits per heavy atom. The number of unbranched alkanes of at least 4 members (excludes halogenated alkanes) is 3. The number of hydrazine groups is 1. The minimum absolute atomic E-state index is 0.442. The van der Waals surface area contributed by atoms with E-state index in [1.807, 2.05) is 17.4 Å². The standard InChI is InChI=1S/C16H26N2S/c1-2-3-4-5-6-9-15(18-17)13-8-7-10-16-14(13)11-12-19-16/h2,11-13,15,18H,1,3-10,17H2. The smallest absolute Gasteiger partial charge is 0.0279 e. The van der Waals surface area contributed by atoms with Crippen LogP contribution in [0.3, 0.4) is 0 Å². The number of rotatable bonds is 8. The predicted octanol–water partition coefficient (Wildman–Crippen LogP) is 4.14. The van der Waals surface area contributed by atoms with E-state index in [4.69, 9.17) is 5.84 Å². The van der Waals surface area contributed by atoms with Gasteiger partial charge in [-0.1, -0.05) is 18.9 Å². The van der Waals surface area contributed by atoms with Crippen molar-refractivity contribution in [3.8, 4) is 0 Å². The van der Waals surface area contributed by atoms with Crippen LogP contribution in [0.1, 0.15) is 61.3 Å². The molecule has 19 heavy (non-hydrogen) atoms. The highest BCUT2D eigenvalue weighted by Gasteiger charge is 2.27. The average molecular weight is 278 g/mol. The molecule has 0 saturated carbocycles. The first-order valence-electron chi connectivity index (χ1n) is 7.50. The van der Waals surface area contributed by atoms with Crippen LogP contribution in [0.5, 0.6) is 0 Å². The minimum atomic E-state index is 0.442. The third kappa shape index (κ3) is 3.91. The number of hydrogen-bond donors (Lipinski definition) is 2. The Bertz CT molecular complexity index is 386. The van der Waals surface area contributed by atoms with Gasteiger partial charge in [0.25, 0.3) is 0 Å². The molecule has 2 nitrogen and oxygen atoms in total. The molecule has 1 heterocycles. The van der Waals surface area contributed by atoms with Crippen LogP contribution in [0, 0.1) is 0 Å². The Morgan fingerprint density at radius 1 is 1.47 bits per heavy atom. The average Bonchev–Trinajstić information content (AvgIpc) is 2.91. The number of nitrogens with two attached hydrogens (primary N) is 1. The van der Waals surface area contributed by atoms with Gasteiger partial charge >= 0.3 is 0 Å². The van der Waals surface area contributed by atoms with E-state index >= 15 is 0 Å². The van der Waals surface area contributed by atoms with Gasteiger partial charge in [0, 0.05) is 16.8 Å². The molecular weight excluding hydrogens is 252 g/mol.